The van der Waals surface area contributed by atoms with Crippen molar-refractivity contribution in [3.8, 4) is 5.69 Å². The molecule has 0 aliphatic heterocycles. The maximum absolute atomic E-state index is 4.28. The van der Waals surface area contributed by atoms with E-state index < -0.39 is 0 Å². The molecule has 0 aliphatic carbocycles. The Balaban J connectivity index is 2.53. The lowest BCUT2D eigenvalue weighted by Crippen LogP contribution is -1.98. The fourth-order valence-electron chi connectivity index (χ4n) is 1.29. The molecule has 2 aromatic rings. The van der Waals surface area contributed by atoms with E-state index in [4.69, 9.17) is 0 Å². The van der Waals surface area contributed by atoms with Gasteiger partial charge < -0.3 is 0 Å². The first kappa shape index (κ1) is 7.91. The van der Waals surface area contributed by atoms with Crippen molar-refractivity contribution in [2.45, 2.75) is 13.8 Å². The quantitative estimate of drug-likeness (QED) is 0.654. The van der Waals surface area contributed by atoms with E-state index in [2.05, 4.69) is 15.3 Å². The van der Waals surface area contributed by atoms with Gasteiger partial charge >= 0.3 is 0 Å². The van der Waals surface area contributed by atoms with Gasteiger partial charge in [0.2, 0.25) is 0 Å². The van der Waals surface area contributed by atoms with E-state index in [1.165, 1.54) is 0 Å². The van der Waals surface area contributed by atoms with Crippen molar-refractivity contribution >= 4 is 0 Å². The van der Waals surface area contributed by atoms with Crippen molar-refractivity contribution in [1.29, 1.82) is 0 Å². The highest BCUT2D eigenvalue weighted by Crippen LogP contribution is 2.08. The molecule has 2 heterocycles. The van der Waals surface area contributed by atoms with E-state index in [-0.39, 0.29) is 0 Å². The summed E-state index contributed by atoms with van der Waals surface area (Å²) in [5.74, 6) is 0. The zero-order chi connectivity index (χ0) is 9.26. The highest BCUT2D eigenvalue weighted by molar-refractivity contribution is 5.33. The summed E-state index contributed by atoms with van der Waals surface area (Å²) in [5.41, 5.74) is 2.98. The molecular formula is C9H10N4. The minimum absolute atomic E-state index is 0.991. The summed E-state index contributed by atoms with van der Waals surface area (Å²) >= 11 is 0. The largest absolute Gasteiger partial charge is 0.258 e. The summed E-state index contributed by atoms with van der Waals surface area (Å²) < 4.78 is 1.72. The van der Waals surface area contributed by atoms with Crippen LogP contribution in [0.2, 0.25) is 0 Å². The highest BCUT2D eigenvalue weighted by atomic mass is 15.4. The van der Waals surface area contributed by atoms with Crippen molar-refractivity contribution in [2.24, 2.45) is 0 Å². The molecule has 0 unspecified atom stereocenters. The van der Waals surface area contributed by atoms with E-state index in [0.29, 0.717) is 0 Å². The van der Waals surface area contributed by atoms with Crippen molar-refractivity contribution in [3.05, 3.63) is 35.9 Å². The molecule has 0 atom stereocenters. The summed E-state index contributed by atoms with van der Waals surface area (Å²) in [6.45, 7) is 3.93. The molecule has 4 nitrogen and oxygen atoms in total. The first-order valence-electron chi connectivity index (χ1n) is 4.08. The van der Waals surface area contributed by atoms with Crippen LogP contribution in [0.3, 0.4) is 0 Å². The summed E-state index contributed by atoms with van der Waals surface area (Å²) in [6, 6.07) is 3.95. The minimum atomic E-state index is 0.991. The Morgan fingerprint density at radius 1 is 1.15 bits per heavy atom. The number of nitrogens with zero attached hydrogens (tertiary/aromatic N) is 4. The Labute approximate surface area is 76.2 Å². The molecule has 13 heavy (non-hydrogen) atoms. The smallest absolute Gasteiger partial charge is 0.0699 e. The zero-order valence-electron chi connectivity index (χ0n) is 7.60. The predicted molar refractivity (Wildman–Crippen MR) is 48.6 cm³/mol. The molecule has 0 N–H and O–H groups in total. The van der Waals surface area contributed by atoms with Crippen LogP contribution >= 0.6 is 0 Å². The maximum Gasteiger partial charge on any atom is 0.0699 e. The lowest BCUT2D eigenvalue weighted by molar-refractivity contribution is 0.798. The number of hydrogen-bond donors (Lipinski definition) is 0. The summed E-state index contributed by atoms with van der Waals surface area (Å²) in [4.78, 5) is 4.28. The van der Waals surface area contributed by atoms with Gasteiger partial charge in [-0.15, -0.1) is 5.10 Å². The van der Waals surface area contributed by atoms with Crippen molar-refractivity contribution in [2.75, 3.05) is 0 Å². The average Bonchev–Trinajstić information content (AvgIpc) is 2.53. The van der Waals surface area contributed by atoms with Crippen LogP contribution in [-0.2, 0) is 0 Å². The molecule has 0 spiro atoms. The topological polar surface area (TPSA) is 43.6 Å². The van der Waals surface area contributed by atoms with Crippen LogP contribution in [0.1, 0.15) is 11.4 Å². The third-order valence-corrected chi connectivity index (χ3v) is 1.75. The van der Waals surface area contributed by atoms with Crippen LogP contribution in [0.5, 0.6) is 0 Å². The van der Waals surface area contributed by atoms with E-state index in [0.717, 1.165) is 17.1 Å². The lowest BCUT2D eigenvalue weighted by Gasteiger charge is -2.02. The summed E-state index contributed by atoms with van der Waals surface area (Å²) in [7, 11) is 0. The Hall–Kier alpha value is -1.71. The Bertz CT molecular complexity index is 385. The van der Waals surface area contributed by atoms with E-state index in [1.807, 2.05) is 32.2 Å². The molecular weight excluding hydrogens is 164 g/mol. The zero-order valence-corrected chi connectivity index (χ0v) is 7.60. The molecule has 0 amide bonds. The standard InChI is InChI=1S/C9H10N4/c1-7-5-9(6-8(2)11-7)13-4-3-10-12-13/h3-6H,1-2H3. The molecule has 2 aromatic heterocycles. The number of rotatable bonds is 1. The maximum atomic E-state index is 4.28. The van der Waals surface area contributed by atoms with Gasteiger partial charge in [0, 0.05) is 11.4 Å². The van der Waals surface area contributed by atoms with Gasteiger partial charge in [0.05, 0.1) is 18.1 Å². The molecule has 0 saturated carbocycles. The summed E-state index contributed by atoms with van der Waals surface area (Å²) in [5, 5.41) is 7.66. The minimum Gasteiger partial charge on any atom is -0.258 e. The Kier molecular flexibility index (Phi) is 1.81. The monoisotopic (exact) mass is 174 g/mol. The molecule has 0 bridgehead atoms. The first-order valence-corrected chi connectivity index (χ1v) is 4.08. The van der Waals surface area contributed by atoms with Crippen LogP contribution in [0.15, 0.2) is 24.5 Å². The van der Waals surface area contributed by atoms with Gasteiger partial charge in [-0.1, -0.05) is 5.21 Å². The molecule has 0 saturated heterocycles. The van der Waals surface area contributed by atoms with E-state index in [9.17, 15) is 0 Å². The number of hydrogen-bond acceptors (Lipinski definition) is 3. The molecule has 4 heteroatoms. The summed E-state index contributed by atoms with van der Waals surface area (Å²) in [6.07, 6.45) is 3.47. The van der Waals surface area contributed by atoms with Crippen LogP contribution in [-0.4, -0.2) is 20.0 Å². The van der Waals surface area contributed by atoms with Gasteiger partial charge in [0.15, 0.2) is 0 Å². The Morgan fingerprint density at radius 3 is 2.38 bits per heavy atom. The van der Waals surface area contributed by atoms with E-state index in [1.54, 1.807) is 10.9 Å². The molecule has 0 radical (unpaired) electrons. The van der Waals surface area contributed by atoms with Gasteiger partial charge in [-0.2, -0.15) is 0 Å². The van der Waals surface area contributed by atoms with Gasteiger partial charge in [-0.05, 0) is 26.0 Å². The molecule has 0 aromatic carbocycles. The van der Waals surface area contributed by atoms with Crippen LogP contribution in [0.25, 0.3) is 5.69 Å². The third kappa shape index (κ3) is 1.56. The Morgan fingerprint density at radius 2 is 1.85 bits per heavy atom. The van der Waals surface area contributed by atoms with E-state index >= 15 is 0 Å². The second-order valence-corrected chi connectivity index (χ2v) is 2.96. The molecule has 66 valence electrons. The van der Waals surface area contributed by atoms with Crippen LogP contribution in [0.4, 0.5) is 0 Å². The third-order valence-electron chi connectivity index (χ3n) is 1.75. The van der Waals surface area contributed by atoms with Crippen molar-refractivity contribution in [3.63, 3.8) is 0 Å². The number of aromatic nitrogens is 4. The average molecular weight is 174 g/mol. The second kappa shape index (κ2) is 2.97. The van der Waals surface area contributed by atoms with Gasteiger partial charge in [-0.25, -0.2) is 4.68 Å². The molecule has 0 aliphatic rings. The van der Waals surface area contributed by atoms with Crippen molar-refractivity contribution in [1.82, 2.24) is 20.0 Å². The van der Waals surface area contributed by atoms with Gasteiger partial charge in [-0.3, -0.25) is 4.98 Å². The highest BCUT2D eigenvalue weighted by Gasteiger charge is 1.99. The van der Waals surface area contributed by atoms with Crippen LogP contribution < -0.4 is 0 Å². The lowest BCUT2D eigenvalue weighted by atomic mass is 10.3. The van der Waals surface area contributed by atoms with Crippen LogP contribution in [0, 0.1) is 13.8 Å². The SMILES string of the molecule is Cc1cc(-n2ccnn2)cc(C)n1. The molecule has 0 fully saturated rings. The van der Waals surface area contributed by atoms with Gasteiger partial charge in [0.1, 0.15) is 0 Å². The molecule has 2 rings (SSSR count). The fourth-order valence-corrected chi connectivity index (χ4v) is 1.29. The number of pyridine rings is 1. The number of aryl methyl sites for hydroxylation is 2. The first-order chi connectivity index (χ1) is 6.25. The van der Waals surface area contributed by atoms with Crippen molar-refractivity contribution < 1.29 is 0 Å². The fraction of sp³-hybridized carbons (Fsp3) is 0.222. The normalized spacial score (nSPS) is 10.3. The predicted octanol–water partition coefficient (Wildman–Crippen LogP) is 1.28. The van der Waals surface area contributed by atoms with Gasteiger partial charge in [0.25, 0.3) is 0 Å². The second-order valence-electron chi connectivity index (χ2n) is 2.96.